The van der Waals surface area contributed by atoms with Crippen molar-refractivity contribution < 1.29 is 0 Å². The van der Waals surface area contributed by atoms with E-state index in [1.807, 2.05) is 0 Å². The minimum absolute atomic E-state index is 0.0400. The topological polar surface area (TPSA) is 33.7 Å². The lowest BCUT2D eigenvalue weighted by atomic mass is 9.82. The van der Waals surface area contributed by atoms with Gasteiger partial charge in [0.1, 0.15) is 0 Å². The van der Waals surface area contributed by atoms with Crippen LogP contribution in [-0.4, -0.2) is 14.9 Å². The van der Waals surface area contributed by atoms with Gasteiger partial charge in [0.25, 0.3) is 0 Å². The number of nitrogens with zero attached hydrogens (tertiary/aromatic N) is 3. The molecule has 7 aromatic carbocycles. The molecule has 4 nitrogen and oxygen atoms in total. The first-order valence-electron chi connectivity index (χ1n) is 17.9. The van der Waals surface area contributed by atoms with E-state index in [0.29, 0.717) is 0 Å². The Morgan fingerprint density at radius 1 is 0.569 bits per heavy atom. The van der Waals surface area contributed by atoms with Crippen LogP contribution in [0.4, 0.5) is 5.69 Å². The minimum atomic E-state index is -0.199. The van der Waals surface area contributed by atoms with Crippen LogP contribution < -0.4 is 5.32 Å². The van der Waals surface area contributed by atoms with Crippen molar-refractivity contribution in [3.8, 4) is 11.1 Å². The molecular formula is C47H32N4. The molecule has 0 saturated carbocycles. The largest absolute Gasteiger partial charge is 0.344 e. The van der Waals surface area contributed by atoms with Crippen LogP contribution in [0.15, 0.2) is 151 Å². The van der Waals surface area contributed by atoms with Crippen LogP contribution in [0.5, 0.6) is 0 Å². The highest BCUT2D eigenvalue weighted by molar-refractivity contribution is 6.34. The number of fused-ring (bicyclic) bond motifs is 10. The highest BCUT2D eigenvalue weighted by Gasteiger charge is 2.39. The Morgan fingerprint density at radius 2 is 1.25 bits per heavy atom. The molecule has 0 bridgehead atoms. The molecule has 0 radical (unpaired) electrons. The van der Waals surface area contributed by atoms with Gasteiger partial charge in [-0.3, -0.25) is 4.57 Å². The highest BCUT2D eigenvalue weighted by atomic mass is 15.2. The second-order valence-electron chi connectivity index (χ2n) is 14.8. The van der Waals surface area contributed by atoms with E-state index in [1.54, 1.807) is 0 Å². The van der Waals surface area contributed by atoms with Gasteiger partial charge in [0.05, 0.1) is 39.3 Å². The van der Waals surface area contributed by atoms with Crippen LogP contribution in [0.2, 0.25) is 0 Å². The maximum Gasteiger partial charge on any atom is 0.209 e. The molecule has 12 rings (SSSR count). The van der Waals surface area contributed by atoms with Crippen molar-refractivity contribution in [2.45, 2.75) is 25.3 Å². The summed E-state index contributed by atoms with van der Waals surface area (Å²) < 4.78 is 5.01. The average Bonchev–Trinajstić information content (AvgIpc) is 3.74. The molecule has 0 amide bonds. The predicted molar refractivity (Wildman–Crippen MR) is 212 cm³/mol. The number of rotatable bonds is 1. The molecule has 0 fully saturated rings. The molecule has 4 heteroatoms. The lowest BCUT2D eigenvalue weighted by molar-refractivity contribution is 0.661. The Labute approximate surface area is 294 Å². The fourth-order valence-electron chi connectivity index (χ4n) is 9.71. The number of hydrogen-bond acceptors (Lipinski definition) is 2. The summed E-state index contributed by atoms with van der Waals surface area (Å²) in [5.41, 5.74) is 14.7. The van der Waals surface area contributed by atoms with Crippen molar-refractivity contribution in [1.82, 2.24) is 14.3 Å². The van der Waals surface area contributed by atoms with Gasteiger partial charge in [-0.15, -0.1) is 0 Å². The molecule has 1 unspecified atom stereocenters. The van der Waals surface area contributed by atoms with E-state index in [1.165, 1.54) is 87.8 Å². The van der Waals surface area contributed by atoms with Gasteiger partial charge in [0.2, 0.25) is 5.96 Å². The summed E-state index contributed by atoms with van der Waals surface area (Å²) in [6.45, 7) is 4.78. The Kier molecular flexibility index (Phi) is 5.08. The summed E-state index contributed by atoms with van der Waals surface area (Å²) >= 11 is 0. The zero-order chi connectivity index (χ0) is 33.6. The third-order valence-electron chi connectivity index (χ3n) is 11.9. The lowest BCUT2D eigenvalue weighted by Gasteiger charge is -2.28. The molecule has 2 aliphatic rings. The first kappa shape index (κ1) is 27.4. The number of benzene rings is 7. The highest BCUT2D eigenvalue weighted by Crippen LogP contribution is 2.55. The maximum atomic E-state index is 5.42. The Morgan fingerprint density at radius 3 is 2.16 bits per heavy atom. The van der Waals surface area contributed by atoms with Crippen LogP contribution in [0.3, 0.4) is 0 Å². The maximum absolute atomic E-state index is 5.42. The van der Waals surface area contributed by atoms with E-state index in [0.717, 1.165) is 17.2 Å². The fraction of sp³-hybridized carbons (Fsp3) is 0.0851. The number of aliphatic imine (C=N–C) groups is 1. The van der Waals surface area contributed by atoms with Gasteiger partial charge in [-0.1, -0.05) is 135 Å². The standard InChI is InChI=1S/C47H32N4/c1-47(2)34-22-9-6-17-32(34)40-35(47)26-39-42-41-29(31-21-12-20-30-28-16-8-11-24-37(28)51(44(30)31)45(40)42)19-13-25-38(41)50(39)46-48-36-23-10-7-18-33(36)43(49-46)27-14-4-3-5-15-27/h3-26,43H,1-2H3,(H,48,49). The Balaban J connectivity index is 1.33. The molecule has 0 saturated heterocycles. The summed E-state index contributed by atoms with van der Waals surface area (Å²) in [6.07, 6.45) is 0. The van der Waals surface area contributed by atoms with Gasteiger partial charge in [0.15, 0.2) is 0 Å². The van der Waals surface area contributed by atoms with E-state index in [9.17, 15) is 0 Å². The number of aromatic nitrogens is 2. The summed E-state index contributed by atoms with van der Waals surface area (Å²) in [5.74, 6) is 0.843. The molecule has 10 aromatic rings. The van der Waals surface area contributed by atoms with E-state index >= 15 is 0 Å². The number of hydrogen-bond donors (Lipinski definition) is 1. The van der Waals surface area contributed by atoms with Crippen molar-refractivity contribution in [3.05, 3.63) is 168 Å². The SMILES string of the molecule is CC1(C)c2ccccc2-c2c1cc1c3c4c(cccc4n1C1=Nc4ccccc4C(c4ccccc4)N1)c1cccc4c5ccccc5n(c23)c14. The molecule has 51 heavy (non-hydrogen) atoms. The Hall–Kier alpha value is -6.39. The smallest absolute Gasteiger partial charge is 0.209 e. The third-order valence-corrected chi connectivity index (χ3v) is 11.9. The van der Waals surface area contributed by atoms with Crippen molar-refractivity contribution in [3.63, 3.8) is 0 Å². The second kappa shape index (κ2) is 9.43. The Bertz CT molecular complexity index is 3140. The molecule has 240 valence electrons. The van der Waals surface area contributed by atoms with Gasteiger partial charge < -0.3 is 9.72 Å². The van der Waals surface area contributed by atoms with Crippen LogP contribution in [0.1, 0.15) is 42.1 Å². The molecule has 0 spiro atoms. The van der Waals surface area contributed by atoms with Gasteiger partial charge in [-0.05, 0) is 51.9 Å². The average molecular weight is 653 g/mol. The van der Waals surface area contributed by atoms with Crippen molar-refractivity contribution in [2.24, 2.45) is 4.99 Å². The summed E-state index contributed by atoms with van der Waals surface area (Å²) in [7, 11) is 0. The second-order valence-corrected chi connectivity index (χ2v) is 14.8. The third kappa shape index (κ3) is 3.33. The molecule has 1 aliphatic heterocycles. The first-order valence-corrected chi connectivity index (χ1v) is 17.9. The normalized spacial score (nSPS) is 16.3. The first-order chi connectivity index (χ1) is 25.1. The van der Waals surface area contributed by atoms with Gasteiger partial charge in [-0.25, -0.2) is 4.99 Å². The molecule has 1 atom stereocenters. The molecular weight excluding hydrogens is 621 g/mol. The fourth-order valence-corrected chi connectivity index (χ4v) is 9.71. The van der Waals surface area contributed by atoms with Gasteiger partial charge in [0, 0.05) is 43.5 Å². The van der Waals surface area contributed by atoms with Gasteiger partial charge >= 0.3 is 0 Å². The lowest BCUT2D eigenvalue weighted by Crippen LogP contribution is -2.36. The summed E-state index contributed by atoms with van der Waals surface area (Å²) in [4.78, 5) is 5.42. The summed E-state index contributed by atoms with van der Waals surface area (Å²) in [5, 5.41) is 11.6. The molecule has 3 aromatic heterocycles. The van der Waals surface area contributed by atoms with E-state index in [4.69, 9.17) is 4.99 Å². The number of para-hydroxylation sites is 3. The zero-order valence-electron chi connectivity index (χ0n) is 28.3. The zero-order valence-corrected chi connectivity index (χ0v) is 28.3. The molecule has 4 heterocycles. The van der Waals surface area contributed by atoms with Gasteiger partial charge in [-0.2, -0.15) is 0 Å². The van der Waals surface area contributed by atoms with E-state index in [2.05, 4.69) is 174 Å². The quantitative estimate of drug-likeness (QED) is 0.188. The van der Waals surface area contributed by atoms with Crippen molar-refractivity contribution in [1.29, 1.82) is 0 Å². The predicted octanol–water partition coefficient (Wildman–Crippen LogP) is 11.5. The molecule has 1 N–H and O–H groups in total. The van der Waals surface area contributed by atoms with Crippen LogP contribution in [-0.2, 0) is 5.41 Å². The minimum Gasteiger partial charge on any atom is -0.344 e. The molecule has 1 aliphatic carbocycles. The van der Waals surface area contributed by atoms with Crippen LogP contribution in [0.25, 0.3) is 71.0 Å². The van der Waals surface area contributed by atoms with Crippen molar-refractivity contribution >= 4 is 71.5 Å². The van der Waals surface area contributed by atoms with Crippen LogP contribution >= 0.6 is 0 Å². The number of nitrogens with one attached hydrogen (secondary N) is 1. The van der Waals surface area contributed by atoms with E-state index in [-0.39, 0.29) is 11.5 Å². The monoisotopic (exact) mass is 652 g/mol. The van der Waals surface area contributed by atoms with Crippen molar-refractivity contribution in [2.75, 3.05) is 0 Å². The summed E-state index contributed by atoms with van der Waals surface area (Å²) in [6, 6.07) is 53.4. The van der Waals surface area contributed by atoms with Crippen LogP contribution in [0, 0.1) is 0 Å². The van der Waals surface area contributed by atoms with E-state index < -0.39 is 0 Å².